The van der Waals surface area contributed by atoms with Crippen LogP contribution in [0.3, 0.4) is 0 Å². The number of benzene rings is 2. The zero-order valence-corrected chi connectivity index (χ0v) is 14.8. The molecule has 2 aromatic carbocycles. The maximum Gasteiger partial charge on any atom is 0.342 e. The standard InChI is InChI=1S/C18H18ClNO5/c1-11-8-14(16(24-3)9-13(11)19)20-17(21)10-25-18(22)12-6-4-5-7-15(12)23-2/h4-9H,10H2,1-3H3,(H,20,21). The third-order valence-electron chi connectivity index (χ3n) is 3.42. The van der Waals surface area contributed by atoms with Crippen molar-refractivity contribution >= 4 is 29.2 Å². The van der Waals surface area contributed by atoms with Gasteiger partial charge in [0.05, 0.1) is 19.9 Å². The smallest absolute Gasteiger partial charge is 0.342 e. The molecular weight excluding hydrogens is 346 g/mol. The molecule has 0 aliphatic heterocycles. The summed E-state index contributed by atoms with van der Waals surface area (Å²) in [6.45, 7) is 1.36. The number of amides is 1. The van der Waals surface area contributed by atoms with Crippen molar-refractivity contribution < 1.29 is 23.8 Å². The summed E-state index contributed by atoms with van der Waals surface area (Å²) >= 11 is 6.03. The number of ether oxygens (including phenoxy) is 3. The lowest BCUT2D eigenvalue weighted by atomic mass is 10.2. The zero-order valence-electron chi connectivity index (χ0n) is 14.1. The summed E-state index contributed by atoms with van der Waals surface area (Å²) in [4.78, 5) is 24.1. The van der Waals surface area contributed by atoms with Crippen molar-refractivity contribution in [3.63, 3.8) is 0 Å². The number of anilines is 1. The van der Waals surface area contributed by atoms with Crippen molar-refractivity contribution in [2.24, 2.45) is 0 Å². The van der Waals surface area contributed by atoms with Crippen molar-refractivity contribution in [2.45, 2.75) is 6.92 Å². The van der Waals surface area contributed by atoms with Crippen LogP contribution in [0, 0.1) is 6.92 Å². The lowest BCUT2D eigenvalue weighted by molar-refractivity contribution is -0.119. The highest BCUT2D eigenvalue weighted by molar-refractivity contribution is 6.31. The number of methoxy groups -OCH3 is 2. The van der Waals surface area contributed by atoms with E-state index in [1.807, 2.05) is 0 Å². The van der Waals surface area contributed by atoms with E-state index in [0.717, 1.165) is 5.56 Å². The molecule has 0 fully saturated rings. The number of halogens is 1. The van der Waals surface area contributed by atoms with E-state index in [2.05, 4.69) is 5.32 Å². The molecule has 0 saturated carbocycles. The van der Waals surface area contributed by atoms with Crippen molar-refractivity contribution in [1.82, 2.24) is 0 Å². The van der Waals surface area contributed by atoms with Crippen LogP contribution in [0.2, 0.25) is 5.02 Å². The first-order valence-electron chi connectivity index (χ1n) is 7.40. The van der Waals surface area contributed by atoms with Crippen LogP contribution >= 0.6 is 11.6 Å². The molecule has 25 heavy (non-hydrogen) atoms. The van der Waals surface area contributed by atoms with Crippen molar-refractivity contribution in [2.75, 3.05) is 26.1 Å². The molecule has 0 bridgehead atoms. The average Bonchev–Trinajstić information content (AvgIpc) is 2.62. The molecule has 0 unspecified atom stereocenters. The second-order valence-electron chi connectivity index (χ2n) is 5.13. The average molecular weight is 364 g/mol. The van der Waals surface area contributed by atoms with Gasteiger partial charge in [0.25, 0.3) is 5.91 Å². The van der Waals surface area contributed by atoms with Crippen LogP contribution in [0.5, 0.6) is 11.5 Å². The fraction of sp³-hybridized carbons (Fsp3) is 0.222. The van der Waals surface area contributed by atoms with Gasteiger partial charge in [-0.1, -0.05) is 23.7 Å². The Morgan fingerprint density at radius 2 is 1.76 bits per heavy atom. The largest absolute Gasteiger partial charge is 0.496 e. The number of para-hydroxylation sites is 1. The first-order chi connectivity index (χ1) is 12.0. The van der Waals surface area contributed by atoms with Crippen LogP contribution in [0.15, 0.2) is 36.4 Å². The third-order valence-corrected chi connectivity index (χ3v) is 3.82. The molecule has 0 saturated heterocycles. The van der Waals surface area contributed by atoms with Crippen LogP contribution in [0.4, 0.5) is 5.69 Å². The molecule has 0 heterocycles. The molecule has 2 aromatic rings. The van der Waals surface area contributed by atoms with Crippen LogP contribution in [0.1, 0.15) is 15.9 Å². The zero-order chi connectivity index (χ0) is 18.4. The fourth-order valence-electron chi connectivity index (χ4n) is 2.14. The first-order valence-corrected chi connectivity index (χ1v) is 7.78. The van der Waals surface area contributed by atoms with Crippen LogP contribution in [-0.4, -0.2) is 32.7 Å². The summed E-state index contributed by atoms with van der Waals surface area (Å²) in [7, 11) is 2.92. The van der Waals surface area contributed by atoms with Crippen LogP contribution in [0.25, 0.3) is 0 Å². The normalized spacial score (nSPS) is 10.1. The number of esters is 1. The summed E-state index contributed by atoms with van der Waals surface area (Å²) in [5, 5.41) is 3.16. The molecule has 7 heteroatoms. The summed E-state index contributed by atoms with van der Waals surface area (Å²) < 4.78 is 15.3. The summed E-state index contributed by atoms with van der Waals surface area (Å²) in [6.07, 6.45) is 0. The van der Waals surface area contributed by atoms with Crippen molar-refractivity contribution in [1.29, 1.82) is 0 Å². The topological polar surface area (TPSA) is 73.9 Å². The SMILES string of the molecule is COc1cc(Cl)c(C)cc1NC(=O)COC(=O)c1ccccc1OC. The molecule has 1 amide bonds. The van der Waals surface area contributed by atoms with E-state index in [9.17, 15) is 9.59 Å². The molecular formula is C18H18ClNO5. The quantitative estimate of drug-likeness (QED) is 0.795. The fourth-order valence-corrected chi connectivity index (χ4v) is 2.29. The minimum absolute atomic E-state index is 0.248. The molecule has 0 aromatic heterocycles. The van der Waals surface area contributed by atoms with E-state index in [0.29, 0.717) is 22.2 Å². The van der Waals surface area contributed by atoms with E-state index in [4.69, 9.17) is 25.8 Å². The second-order valence-corrected chi connectivity index (χ2v) is 5.53. The lowest BCUT2D eigenvalue weighted by Crippen LogP contribution is -2.21. The van der Waals surface area contributed by atoms with Gasteiger partial charge in [-0.2, -0.15) is 0 Å². The highest BCUT2D eigenvalue weighted by Gasteiger charge is 2.16. The van der Waals surface area contributed by atoms with E-state index in [1.54, 1.807) is 43.3 Å². The van der Waals surface area contributed by atoms with Crippen LogP contribution < -0.4 is 14.8 Å². The Bertz CT molecular complexity index is 791. The first kappa shape index (κ1) is 18.6. The van der Waals surface area contributed by atoms with E-state index >= 15 is 0 Å². The third kappa shape index (κ3) is 4.64. The molecule has 132 valence electrons. The summed E-state index contributed by atoms with van der Waals surface area (Å²) in [5.41, 5.74) is 1.48. The van der Waals surface area contributed by atoms with Crippen molar-refractivity contribution in [3.8, 4) is 11.5 Å². The van der Waals surface area contributed by atoms with Gasteiger partial charge in [-0.15, -0.1) is 0 Å². The molecule has 0 spiro atoms. The number of nitrogens with one attached hydrogen (secondary N) is 1. The number of hydrogen-bond acceptors (Lipinski definition) is 5. The number of carbonyl (C=O) groups excluding carboxylic acids is 2. The summed E-state index contributed by atoms with van der Waals surface area (Å²) in [5.74, 6) is -0.349. The van der Waals surface area contributed by atoms with Gasteiger partial charge >= 0.3 is 5.97 Å². The lowest BCUT2D eigenvalue weighted by Gasteiger charge is -2.13. The Kier molecular flexibility index (Phi) is 6.25. The van der Waals surface area contributed by atoms with Gasteiger partial charge in [-0.25, -0.2) is 4.79 Å². The van der Waals surface area contributed by atoms with Gasteiger partial charge in [0.1, 0.15) is 17.1 Å². The number of rotatable bonds is 6. The molecule has 1 N–H and O–H groups in total. The maximum absolute atomic E-state index is 12.1. The van der Waals surface area contributed by atoms with E-state index < -0.39 is 18.5 Å². The molecule has 6 nitrogen and oxygen atoms in total. The minimum atomic E-state index is -0.646. The molecule has 0 aliphatic rings. The van der Waals surface area contributed by atoms with E-state index in [-0.39, 0.29) is 5.56 Å². The van der Waals surface area contributed by atoms with Gasteiger partial charge in [-0.3, -0.25) is 4.79 Å². The minimum Gasteiger partial charge on any atom is -0.496 e. The highest BCUT2D eigenvalue weighted by Crippen LogP contribution is 2.30. The van der Waals surface area contributed by atoms with Gasteiger partial charge in [0, 0.05) is 11.1 Å². The Labute approximate surface area is 150 Å². The van der Waals surface area contributed by atoms with E-state index in [1.165, 1.54) is 14.2 Å². The van der Waals surface area contributed by atoms with Gasteiger partial charge in [-0.05, 0) is 30.7 Å². The Hall–Kier alpha value is -2.73. The molecule has 0 atom stereocenters. The van der Waals surface area contributed by atoms with Gasteiger partial charge < -0.3 is 19.5 Å². The Balaban J connectivity index is 2.02. The van der Waals surface area contributed by atoms with Crippen LogP contribution in [-0.2, 0) is 9.53 Å². The molecule has 0 radical (unpaired) electrons. The number of aryl methyl sites for hydroxylation is 1. The van der Waals surface area contributed by atoms with Gasteiger partial charge in [0.2, 0.25) is 0 Å². The predicted molar refractivity (Wildman–Crippen MR) is 94.6 cm³/mol. The van der Waals surface area contributed by atoms with Gasteiger partial charge in [0.15, 0.2) is 6.61 Å². The Morgan fingerprint density at radius 3 is 2.44 bits per heavy atom. The Morgan fingerprint density at radius 1 is 1.08 bits per heavy atom. The maximum atomic E-state index is 12.1. The summed E-state index contributed by atoms with van der Waals surface area (Å²) in [6, 6.07) is 9.90. The predicted octanol–water partition coefficient (Wildman–Crippen LogP) is 3.46. The second kappa shape index (κ2) is 8.39. The number of carbonyl (C=O) groups is 2. The number of hydrogen-bond donors (Lipinski definition) is 1. The molecule has 0 aliphatic carbocycles. The highest BCUT2D eigenvalue weighted by atomic mass is 35.5. The molecule has 2 rings (SSSR count). The van der Waals surface area contributed by atoms with Crippen molar-refractivity contribution in [3.05, 3.63) is 52.5 Å². The monoisotopic (exact) mass is 363 g/mol.